The molecule has 2 rings (SSSR count). The summed E-state index contributed by atoms with van der Waals surface area (Å²) in [6, 6.07) is 10.7. The Morgan fingerprint density at radius 2 is 1.94 bits per heavy atom. The summed E-state index contributed by atoms with van der Waals surface area (Å²) in [4.78, 5) is 0. The van der Waals surface area contributed by atoms with Crippen molar-refractivity contribution in [2.75, 3.05) is 7.11 Å². The molecule has 1 atom stereocenters. The lowest BCUT2D eigenvalue weighted by Crippen LogP contribution is -2.21. The van der Waals surface area contributed by atoms with Gasteiger partial charge in [-0.25, -0.2) is 0 Å². The smallest absolute Gasteiger partial charge is 0.104 e. The molecule has 1 nitrogen and oxygen atoms in total. The monoisotopic (exact) mass is 227 g/mol. The molecule has 1 heteroatoms. The first-order chi connectivity index (χ1) is 8.29. The van der Waals surface area contributed by atoms with Gasteiger partial charge in [-0.2, -0.15) is 0 Å². The summed E-state index contributed by atoms with van der Waals surface area (Å²) < 4.78 is 5.20. The Bertz CT molecular complexity index is 312. The molecule has 1 unspecified atom stereocenters. The van der Waals surface area contributed by atoms with Crippen LogP contribution >= 0.6 is 0 Å². The van der Waals surface area contributed by atoms with Crippen molar-refractivity contribution in [2.24, 2.45) is 5.92 Å². The number of hydrogen-bond acceptors (Lipinski definition) is 1. The lowest BCUT2D eigenvalue weighted by Gasteiger charge is -2.30. The number of ether oxygens (including phenoxy) is 1. The van der Waals surface area contributed by atoms with Gasteiger partial charge in [-0.1, -0.05) is 37.3 Å². The third-order valence-corrected chi connectivity index (χ3v) is 3.25. The molecule has 1 fully saturated rings. The van der Waals surface area contributed by atoms with Crippen molar-refractivity contribution < 1.29 is 4.74 Å². The second kappa shape index (κ2) is 6.20. The molecule has 1 saturated carbocycles. The molecule has 0 spiro atoms. The molecule has 1 aromatic rings. The SMILES string of the molecule is CO[C]1[CH][CH][C](C(C)Cc2ccccc2)C[CH]1. The van der Waals surface area contributed by atoms with Crippen LogP contribution in [-0.2, 0) is 11.2 Å². The van der Waals surface area contributed by atoms with Crippen molar-refractivity contribution >= 4 is 0 Å². The molecule has 0 bridgehead atoms. The zero-order valence-electron chi connectivity index (χ0n) is 10.5. The van der Waals surface area contributed by atoms with Gasteiger partial charge in [0.25, 0.3) is 0 Å². The van der Waals surface area contributed by atoms with Crippen LogP contribution in [0.25, 0.3) is 0 Å². The van der Waals surface area contributed by atoms with E-state index in [1.807, 2.05) is 0 Å². The number of rotatable bonds is 4. The van der Waals surface area contributed by atoms with E-state index in [1.165, 1.54) is 11.5 Å². The fourth-order valence-corrected chi connectivity index (χ4v) is 2.16. The number of methoxy groups -OCH3 is 1. The molecule has 0 saturated heterocycles. The average molecular weight is 227 g/mol. The predicted octanol–water partition coefficient (Wildman–Crippen LogP) is 3.63. The van der Waals surface area contributed by atoms with Gasteiger partial charge in [0.05, 0.1) is 0 Å². The van der Waals surface area contributed by atoms with E-state index < -0.39 is 0 Å². The summed E-state index contributed by atoms with van der Waals surface area (Å²) in [5, 5.41) is 0. The first-order valence-corrected chi connectivity index (χ1v) is 6.11. The van der Waals surface area contributed by atoms with Gasteiger partial charge in [0.15, 0.2) is 0 Å². The van der Waals surface area contributed by atoms with E-state index >= 15 is 0 Å². The topological polar surface area (TPSA) is 9.23 Å². The Hall–Kier alpha value is -0.820. The Morgan fingerprint density at radius 1 is 1.18 bits per heavy atom. The zero-order chi connectivity index (χ0) is 12.1. The minimum Gasteiger partial charge on any atom is -0.375 e. The summed E-state index contributed by atoms with van der Waals surface area (Å²) in [6.45, 7) is 2.29. The van der Waals surface area contributed by atoms with Crippen LogP contribution in [0.4, 0.5) is 0 Å². The molecule has 0 heterocycles. The minimum atomic E-state index is 0.586. The lowest BCUT2D eigenvalue weighted by molar-refractivity contribution is 0.231. The van der Waals surface area contributed by atoms with Crippen LogP contribution in [0.3, 0.4) is 0 Å². The normalized spacial score (nSPS) is 20.4. The maximum Gasteiger partial charge on any atom is 0.104 e. The van der Waals surface area contributed by atoms with Crippen molar-refractivity contribution in [2.45, 2.75) is 19.8 Å². The van der Waals surface area contributed by atoms with E-state index in [1.54, 1.807) is 7.11 Å². The van der Waals surface area contributed by atoms with Crippen LogP contribution in [0.5, 0.6) is 0 Å². The second-order valence-corrected chi connectivity index (χ2v) is 4.51. The highest BCUT2D eigenvalue weighted by molar-refractivity contribution is 5.31. The molecule has 1 aliphatic carbocycles. The van der Waals surface area contributed by atoms with Gasteiger partial charge in [0.1, 0.15) is 6.10 Å². The van der Waals surface area contributed by atoms with Crippen LogP contribution in [0, 0.1) is 37.2 Å². The molecule has 1 aromatic carbocycles. The maximum absolute atomic E-state index is 5.20. The Balaban J connectivity index is 1.83. The average Bonchev–Trinajstić information content (AvgIpc) is 2.40. The summed E-state index contributed by atoms with van der Waals surface area (Å²) >= 11 is 0. The van der Waals surface area contributed by atoms with Crippen LogP contribution in [-0.4, -0.2) is 7.11 Å². The first-order valence-electron chi connectivity index (χ1n) is 6.11. The van der Waals surface area contributed by atoms with Gasteiger partial charge in [-0.3, -0.25) is 0 Å². The van der Waals surface area contributed by atoms with E-state index in [0.717, 1.165) is 18.9 Å². The molecule has 0 aromatic heterocycles. The van der Waals surface area contributed by atoms with Crippen molar-refractivity contribution in [3.05, 3.63) is 67.2 Å². The number of benzene rings is 1. The summed E-state index contributed by atoms with van der Waals surface area (Å²) in [7, 11) is 1.72. The molecule has 17 heavy (non-hydrogen) atoms. The van der Waals surface area contributed by atoms with Gasteiger partial charge in [-0.15, -0.1) is 0 Å². The summed E-state index contributed by atoms with van der Waals surface area (Å²) in [5.74, 6) is 2.07. The minimum absolute atomic E-state index is 0.586. The van der Waals surface area contributed by atoms with Crippen LogP contribution in [0.2, 0.25) is 0 Å². The fraction of sp³-hybridized carbons (Fsp3) is 0.312. The quantitative estimate of drug-likeness (QED) is 0.763. The molecule has 5 radical (unpaired) electrons. The van der Waals surface area contributed by atoms with Crippen LogP contribution in [0.15, 0.2) is 30.3 Å². The third kappa shape index (κ3) is 3.57. The van der Waals surface area contributed by atoms with Gasteiger partial charge in [-0.05, 0) is 43.1 Å². The predicted molar refractivity (Wildman–Crippen MR) is 70.3 cm³/mol. The molecule has 89 valence electrons. The molecular weight excluding hydrogens is 208 g/mol. The highest BCUT2D eigenvalue weighted by atomic mass is 16.5. The largest absolute Gasteiger partial charge is 0.375 e. The molecule has 0 N–H and O–H groups in total. The van der Waals surface area contributed by atoms with Gasteiger partial charge >= 0.3 is 0 Å². The Kier molecular flexibility index (Phi) is 4.61. The van der Waals surface area contributed by atoms with E-state index in [-0.39, 0.29) is 0 Å². The van der Waals surface area contributed by atoms with E-state index in [9.17, 15) is 0 Å². The lowest BCUT2D eigenvalue weighted by atomic mass is 9.77. The van der Waals surface area contributed by atoms with Crippen molar-refractivity contribution in [3.63, 3.8) is 0 Å². The zero-order valence-corrected chi connectivity index (χ0v) is 10.5. The van der Waals surface area contributed by atoms with E-state index in [0.29, 0.717) is 5.92 Å². The Labute approximate surface area is 105 Å². The number of hydrogen-bond donors (Lipinski definition) is 0. The summed E-state index contributed by atoms with van der Waals surface area (Å²) in [6.07, 6.45) is 9.49. The van der Waals surface area contributed by atoms with Crippen LogP contribution in [0.1, 0.15) is 18.9 Å². The Morgan fingerprint density at radius 3 is 2.53 bits per heavy atom. The standard InChI is InChI=1S/C16H19O/c1-13(12-14-6-4-3-5-7-14)15-8-10-16(17-2)11-9-15/h3-8,10-11,13H,9,12H2,1-2H3. The van der Waals surface area contributed by atoms with E-state index in [2.05, 4.69) is 56.5 Å². The molecular formula is C16H19O. The molecule has 1 aliphatic rings. The van der Waals surface area contributed by atoms with Gasteiger partial charge < -0.3 is 4.74 Å². The first kappa shape index (κ1) is 12.6. The highest BCUT2D eigenvalue weighted by Gasteiger charge is 2.26. The molecule has 0 aliphatic heterocycles. The maximum atomic E-state index is 5.20. The third-order valence-electron chi connectivity index (χ3n) is 3.25. The van der Waals surface area contributed by atoms with Gasteiger partial charge in [0, 0.05) is 13.5 Å². The second-order valence-electron chi connectivity index (χ2n) is 4.51. The van der Waals surface area contributed by atoms with Crippen LogP contribution < -0.4 is 0 Å². The van der Waals surface area contributed by atoms with E-state index in [4.69, 9.17) is 4.74 Å². The molecule has 0 amide bonds. The van der Waals surface area contributed by atoms with Crippen molar-refractivity contribution in [3.8, 4) is 0 Å². The highest BCUT2D eigenvalue weighted by Crippen LogP contribution is 2.35. The van der Waals surface area contributed by atoms with Gasteiger partial charge in [0.2, 0.25) is 0 Å². The van der Waals surface area contributed by atoms with Crippen molar-refractivity contribution in [1.29, 1.82) is 0 Å². The summed E-state index contributed by atoms with van der Waals surface area (Å²) in [5.41, 5.74) is 1.41. The van der Waals surface area contributed by atoms with Crippen molar-refractivity contribution in [1.82, 2.24) is 0 Å². The fourth-order valence-electron chi connectivity index (χ4n) is 2.16.